The number of rotatable bonds is 2. The van der Waals surface area contributed by atoms with Crippen LogP contribution in [-0.2, 0) is 0 Å². The van der Waals surface area contributed by atoms with E-state index in [1.54, 1.807) is 0 Å². The highest BCUT2D eigenvalue weighted by molar-refractivity contribution is 5.57. The highest BCUT2D eigenvalue weighted by Gasteiger charge is 2.26. The molecule has 112 valence electrons. The van der Waals surface area contributed by atoms with Gasteiger partial charge in [-0.1, -0.05) is 13.0 Å². The molecule has 21 heavy (non-hydrogen) atoms. The molecular formula is C14H17F2N5. The van der Waals surface area contributed by atoms with E-state index >= 15 is 0 Å². The Hall–Kier alpha value is -2.02. The Morgan fingerprint density at radius 2 is 2.19 bits per heavy atom. The average Bonchev–Trinajstić information content (AvgIpc) is 2.94. The van der Waals surface area contributed by atoms with Crippen molar-refractivity contribution in [2.75, 3.05) is 18.0 Å². The van der Waals surface area contributed by atoms with E-state index in [4.69, 9.17) is 5.73 Å². The second-order valence-corrected chi connectivity index (χ2v) is 5.46. The zero-order valence-corrected chi connectivity index (χ0v) is 11.7. The molecule has 2 unspecified atom stereocenters. The first kappa shape index (κ1) is 13.9. The molecule has 0 spiro atoms. The van der Waals surface area contributed by atoms with Crippen LogP contribution in [0.15, 0.2) is 18.2 Å². The van der Waals surface area contributed by atoms with Gasteiger partial charge in [0.15, 0.2) is 17.5 Å². The van der Waals surface area contributed by atoms with E-state index in [1.807, 2.05) is 4.90 Å². The lowest BCUT2D eigenvalue weighted by Gasteiger charge is -2.34. The SMILES string of the molecule is CC1CCN(c2n[nH]c(-c3cccc(F)c3F)n2)CC1N. The first-order chi connectivity index (χ1) is 10.1. The lowest BCUT2D eigenvalue weighted by molar-refractivity contribution is 0.376. The second-order valence-electron chi connectivity index (χ2n) is 5.46. The predicted molar refractivity (Wildman–Crippen MR) is 75.7 cm³/mol. The summed E-state index contributed by atoms with van der Waals surface area (Å²) in [6.07, 6.45) is 0.958. The number of hydrogen-bond acceptors (Lipinski definition) is 4. The molecule has 0 amide bonds. The number of aromatic amines is 1. The fourth-order valence-electron chi connectivity index (χ4n) is 2.48. The Morgan fingerprint density at radius 1 is 1.38 bits per heavy atom. The number of hydrogen-bond donors (Lipinski definition) is 2. The molecule has 7 heteroatoms. The Labute approximate surface area is 121 Å². The van der Waals surface area contributed by atoms with Crippen molar-refractivity contribution in [1.29, 1.82) is 0 Å². The Kier molecular flexibility index (Phi) is 3.59. The molecule has 1 aromatic heterocycles. The topological polar surface area (TPSA) is 70.8 Å². The summed E-state index contributed by atoms with van der Waals surface area (Å²) in [6.45, 7) is 3.58. The van der Waals surface area contributed by atoms with Gasteiger partial charge in [0.25, 0.3) is 0 Å². The summed E-state index contributed by atoms with van der Waals surface area (Å²) in [5.74, 6) is -0.686. The van der Waals surface area contributed by atoms with Crippen LogP contribution in [0.4, 0.5) is 14.7 Å². The summed E-state index contributed by atoms with van der Waals surface area (Å²) < 4.78 is 27.0. The summed E-state index contributed by atoms with van der Waals surface area (Å²) in [5.41, 5.74) is 6.12. The summed E-state index contributed by atoms with van der Waals surface area (Å²) >= 11 is 0. The quantitative estimate of drug-likeness (QED) is 0.887. The van der Waals surface area contributed by atoms with Crippen LogP contribution in [0.1, 0.15) is 13.3 Å². The summed E-state index contributed by atoms with van der Waals surface area (Å²) in [5, 5.41) is 6.75. The van der Waals surface area contributed by atoms with Gasteiger partial charge in [0.2, 0.25) is 5.95 Å². The zero-order valence-electron chi connectivity index (χ0n) is 11.7. The summed E-state index contributed by atoms with van der Waals surface area (Å²) in [4.78, 5) is 6.22. The number of nitrogens with two attached hydrogens (primary N) is 1. The maximum atomic E-state index is 13.8. The van der Waals surface area contributed by atoms with Crippen LogP contribution in [0.2, 0.25) is 0 Å². The van der Waals surface area contributed by atoms with Crippen molar-refractivity contribution in [2.45, 2.75) is 19.4 Å². The van der Waals surface area contributed by atoms with Gasteiger partial charge in [0, 0.05) is 19.1 Å². The van der Waals surface area contributed by atoms with E-state index < -0.39 is 11.6 Å². The fourth-order valence-corrected chi connectivity index (χ4v) is 2.48. The Bertz CT molecular complexity index is 642. The third-order valence-electron chi connectivity index (χ3n) is 3.98. The number of nitrogens with zero attached hydrogens (tertiary/aromatic N) is 3. The largest absolute Gasteiger partial charge is 0.338 e. The van der Waals surface area contributed by atoms with Crippen LogP contribution < -0.4 is 10.6 Å². The van der Waals surface area contributed by atoms with Gasteiger partial charge in [-0.3, -0.25) is 5.10 Å². The zero-order chi connectivity index (χ0) is 15.0. The molecule has 3 rings (SSSR count). The number of halogens is 2. The average molecular weight is 293 g/mol. The van der Waals surface area contributed by atoms with E-state index in [9.17, 15) is 8.78 Å². The van der Waals surface area contributed by atoms with Gasteiger partial charge in [0.05, 0.1) is 5.56 Å². The fraction of sp³-hybridized carbons (Fsp3) is 0.429. The van der Waals surface area contributed by atoms with Crippen molar-refractivity contribution < 1.29 is 8.78 Å². The van der Waals surface area contributed by atoms with E-state index in [1.165, 1.54) is 12.1 Å². The maximum absolute atomic E-state index is 13.8. The minimum Gasteiger partial charge on any atom is -0.338 e. The maximum Gasteiger partial charge on any atom is 0.245 e. The van der Waals surface area contributed by atoms with Crippen LogP contribution >= 0.6 is 0 Å². The third-order valence-corrected chi connectivity index (χ3v) is 3.98. The molecule has 2 aromatic rings. The minimum absolute atomic E-state index is 0.0617. The predicted octanol–water partition coefficient (Wildman–Crippen LogP) is 1.92. The van der Waals surface area contributed by atoms with Crippen LogP contribution in [0, 0.1) is 17.6 Å². The van der Waals surface area contributed by atoms with Crippen molar-refractivity contribution in [3.8, 4) is 11.4 Å². The molecule has 0 radical (unpaired) electrons. The third kappa shape index (κ3) is 2.61. The molecule has 1 aromatic carbocycles. The van der Waals surface area contributed by atoms with Gasteiger partial charge >= 0.3 is 0 Å². The van der Waals surface area contributed by atoms with Gasteiger partial charge in [-0.05, 0) is 24.5 Å². The molecular weight excluding hydrogens is 276 g/mol. The van der Waals surface area contributed by atoms with E-state index in [0.29, 0.717) is 18.4 Å². The first-order valence-corrected chi connectivity index (χ1v) is 6.93. The van der Waals surface area contributed by atoms with Gasteiger partial charge in [-0.25, -0.2) is 8.78 Å². The smallest absolute Gasteiger partial charge is 0.245 e. The molecule has 1 aliphatic rings. The Balaban J connectivity index is 1.85. The van der Waals surface area contributed by atoms with Crippen molar-refractivity contribution in [3.63, 3.8) is 0 Å². The van der Waals surface area contributed by atoms with Crippen molar-refractivity contribution >= 4 is 5.95 Å². The number of benzene rings is 1. The summed E-state index contributed by atoms with van der Waals surface area (Å²) in [6, 6.07) is 4.04. The van der Waals surface area contributed by atoms with Gasteiger partial charge in [-0.15, -0.1) is 5.10 Å². The number of H-pyrrole nitrogens is 1. The summed E-state index contributed by atoms with van der Waals surface area (Å²) in [7, 11) is 0. The number of piperidine rings is 1. The molecule has 0 bridgehead atoms. The monoisotopic (exact) mass is 293 g/mol. The van der Waals surface area contributed by atoms with E-state index in [2.05, 4.69) is 22.1 Å². The van der Waals surface area contributed by atoms with Crippen molar-refractivity contribution in [2.24, 2.45) is 11.7 Å². The molecule has 1 aliphatic heterocycles. The van der Waals surface area contributed by atoms with E-state index in [0.717, 1.165) is 19.0 Å². The molecule has 0 saturated carbocycles. The van der Waals surface area contributed by atoms with Gasteiger partial charge in [-0.2, -0.15) is 4.98 Å². The number of anilines is 1. The van der Waals surface area contributed by atoms with Gasteiger partial charge in [0.1, 0.15) is 0 Å². The van der Waals surface area contributed by atoms with Crippen LogP contribution in [0.5, 0.6) is 0 Å². The molecule has 2 atom stereocenters. The van der Waals surface area contributed by atoms with Gasteiger partial charge < -0.3 is 10.6 Å². The van der Waals surface area contributed by atoms with Crippen LogP contribution in [0.25, 0.3) is 11.4 Å². The molecule has 2 heterocycles. The van der Waals surface area contributed by atoms with Crippen molar-refractivity contribution in [3.05, 3.63) is 29.8 Å². The normalized spacial score (nSPS) is 22.6. The number of nitrogens with one attached hydrogen (secondary N) is 1. The number of aromatic nitrogens is 3. The molecule has 3 N–H and O–H groups in total. The van der Waals surface area contributed by atoms with Crippen molar-refractivity contribution in [1.82, 2.24) is 15.2 Å². The lowest BCUT2D eigenvalue weighted by Crippen LogP contribution is -2.48. The molecule has 5 nitrogen and oxygen atoms in total. The first-order valence-electron chi connectivity index (χ1n) is 6.93. The molecule has 0 aliphatic carbocycles. The molecule has 1 saturated heterocycles. The lowest BCUT2D eigenvalue weighted by atomic mass is 9.95. The van der Waals surface area contributed by atoms with Crippen LogP contribution in [-0.4, -0.2) is 34.3 Å². The minimum atomic E-state index is -0.927. The highest BCUT2D eigenvalue weighted by Crippen LogP contribution is 2.24. The standard InChI is InChI=1S/C14H17F2N5/c1-8-5-6-21(7-11(8)17)14-18-13(19-20-14)9-3-2-4-10(15)12(9)16/h2-4,8,11H,5-7,17H2,1H3,(H,18,19,20). The highest BCUT2D eigenvalue weighted by atomic mass is 19.2. The second kappa shape index (κ2) is 5.40. The van der Waals surface area contributed by atoms with E-state index in [-0.39, 0.29) is 17.4 Å². The van der Waals surface area contributed by atoms with Crippen LogP contribution in [0.3, 0.4) is 0 Å². The Morgan fingerprint density at radius 3 is 2.95 bits per heavy atom. The molecule has 1 fully saturated rings.